The van der Waals surface area contributed by atoms with E-state index < -0.39 is 0 Å². The second-order valence-corrected chi connectivity index (χ2v) is 7.62. The molecule has 2 aliphatic carbocycles. The molecule has 0 aromatic rings. The lowest BCUT2D eigenvalue weighted by Crippen LogP contribution is -2.51. The van der Waals surface area contributed by atoms with Crippen LogP contribution in [0.15, 0.2) is 60.0 Å². The van der Waals surface area contributed by atoms with Crippen LogP contribution in [0.3, 0.4) is 0 Å². The summed E-state index contributed by atoms with van der Waals surface area (Å²) in [6, 6.07) is 0.380. The van der Waals surface area contributed by atoms with Crippen LogP contribution in [0, 0.1) is 17.8 Å². The molecule has 1 N–H and O–H groups in total. The van der Waals surface area contributed by atoms with Crippen LogP contribution in [-0.4, -0.2) is 47.9 Å². The Morgan fingerprint density at radius 3 is 2.96 bits per heavy atom. The van der Waals surface area contributed by atoms with E-state index >= 15 is 0 Å². The first-order chi connectivity index (χ1) is 12.7. The van der Waals surface area contributed by atoms with Gasteiger partial charge in [-0.25, -0.2) is 0 Å². The standard InChI is InChI=1S/C22H29N3O/c1-4-10-25-14-16(22(26)24(5-2)6-3)11-18-17-8-7-9-19-21(17)15(13-23-19)12-20(18)25/h4,7-9,11,13,16-17,20-21,23H,1,5-6,10,12,14H2,2-3H3. The highest BCUT2D eigenvalue weighted by atomic mass is 16.2. The van der Waals surface area contributed by atoms with Gasteiger partial charge in [0.15, 0.2) is 0 Å². The summed E-state index contributed by atoms with van der Waals surface area (Å²) in [5.74, 6) is 1.02. The van der Waals surface area contributed by atoms with Crippen molar-refractivity contribution < 1.29 is 4.79 Å². The Morgan fingerprint density at radius 1 is 1.42 bits per heavy atom. The molecular formula is C22H29N3O. The summed E-state index contributed by atoms with van der Waals surface area (Å²) in [5.41, 5.74) is 4.23. The van der Waals surface area contributed by atoms with Crippen molar-refractivity contribution in [1.29, 1.82) is 0 Å². The number of allylic oxidation sites excluding steroid dienone is 4. The lowest BCUT2D eigenvalue weighted by Gasteiger charge is -2.47. The van der Waals surface area contributed by atoms with Gasteiger partial charge in [-0.1, -0.05) is 24.3 Å². The highest BCUT2D eigenvalue weighted by Gasteiger charge is 2.46. The molecule has 1 amide bonds. The summed E-state index contributed by atoms with van der Waals surface area (Å²) in [7, 11) is 0. The summed E-state index contributed by atoms with van der Waals surface area (Å²) in [4.78, 5) is 17.5. The highest BCUT2D eigenvalue weighted by Crippen LogP contribution is 2.49. The van der Waals surface area contributed by atoms with E-state index in [9.17, 15) is 4.79 Å². The van der Waals surface area contributed by atoms with E-state index in [4.69, 9.17) is 0 Å². The van der Waals surface area contributed by atoms with E-state index in [1.165, 1.54) is 16.8 Å². The monoisotopic (exact) mass is 351 g/mol. The summed E-state index contributed by atoms with van der Waals surface area (Å²) in [6.45, 7) is 11.2. The van der Waals surface area contributed by atoms with Gasteiger partial charge >= 0.3 is 0 Å². The van der Waals surface area contributed by atoms with Crippen molar-refractivity contribution >= 4 is 5.91 Å². The van der Waals surface area contributed by atoms with Gasteiger partial charge in [0.25, 0.3) is 0 Å². The fraction of sp³-hybridized carbons (Fsp3) is 0.500. The van der Waals surface area contributed by atoms with E-state index in [0.717, 1.165) is 32.6 Å². The quantitative estimate of drug-likeness (QED) is 0.774. The van der Waals surface area contributed by atoms with E-state index in [0.29, 0.717) is 17.9 Å². The van der Waals surface area contributed by atoms with Gasteiger partial charge in [-0.15, -0.1) is 6.58 Å². The minimum Gasteiger partial charge on any atom is -0.364 e. The first kappa shape index (κ1) is 17.3. The molecule has 0 radical (unpaired) electrons. The summed E-state index contributed by atoms with van der Waals surface area (Å²) < 4.78 is 0. The molecular weight excluding hydrogens is 322 g/mol. The molecule has 4 rings (SSSR count). The fourth-order valence-corrected chi connectivity index (χ4v) is 5.09. The minimum absolute atomic E-state index is 0.0521. The van der Waals surface area contributed by atoms with Crippen molar-refractivity contribution in [1.82, 2.24) is 15.1 Å². The molecule has 1 saturated carbocycles. The molecule has 4 aliphatic rings. The molecule has 0 aromatic heterocycles. The molecule has 4 unspecified atom stereocenters. The van der Waals surface area contributed by atoms with E-state index in [1.807, 2.05) is 11.0 Å². The zero-order valence-corrected chi connectivity index (χ0v) is 15.8. The van der Waals surface area contributed by atoms with Gasteiger partial charge in [0, 0.05) is 56.0 Å². The Kier molecular flexibility index (Phi) is 4.62. The highest BCUT2D eigenvalue weighted by molar-refractivity contribution is 5.81. The van der Waals surface area contributed by atoms with Crippen molar-refractivity contribution in [2.75, 3.05) is 26.2 Å². The van der Waals surface area contributed by atoms with Gasteiger partial charge in [0.05, 0.1) is 5.92 Å². The Hall–Kier alpha value is -2.07. The van der Waals surface area contributed by atoms with Crippen molar-refractivity contribution in [2.45, 2.75) is 26.3 Å². The van der Waals surface area contributed by atoms with Crippen molar-refractivity contribution in [2.24, 2.45) is 17.8 Å². The largest absolute Gasteiger partial charge is 0.364 e. The van der Waals surface area contributed by atoms with E-state index in [2.05, 4.69) is 61.1 Å². The number of rotatable bonds is 5. The smallest absolute Gasteiger partial charge is 0.230 e. The fourth-order valence-electron chi connectivity index (χ4n) is 5.09. The zero-order valence-electron chi connectivity index (χ0n) is 15.8. The Labute approximate surface area is 156 Å². The van der Waals surface area contributed by atoms with Crippen LogP contribution in [0.4, 0.5) is 0 Å². The average Bonchev–Trinajstić information content (AvgIpc) is 3.08. The number of carbonyl (C=O) groups excluding carboxylic acids is 1. The maximum absolute atomic E-state index is 13.1. The second kappa shape index (κ2) is 6.92. The normalized spacial score (nSPS) is 31.8. The molecule has 4 atom stereocenters. The molecule has 0 aromatic carbocycles. The van der Waals surface area contributed by atoms with Gasteiger partial charge < -0.3 is 10.2 Å². The van der Waals surface area contributed by atoms with Gasteiger partial charge in [0.1, 0.15) is 0 Å². The number of nitrogens with one attached hydrogen (secondary N) is 1. The Morgan fingerprint density at radius 2 is 2.23 bits per heavy atom. The van der Waals surface area contributed by atoms with Gasteiger partial charge in [-0.2, -0.15) is 0 Å². The van der Waals surface area contributed by atoms with Crippen LogP contribution < -0.4 is 5.32 Å². The number of hydrogen-bond acceptors (Lipinski definition) is 3. The summed E-state index contributed by atoms with van der Waals surface area (Å²) >= 11 is 0. The van der Waals surface area contributed by atoms with Crippen molar-refractivity contribution in [3.8, 4) is 0 Å². The number of amides is 1. The molecule has 4 heteroatoms. The average molecular weight is 351 g/mol. The molecule has 1 fully saturated rings. The van der Waals surface area contributed by atoms with Crippen LogP contribution in [0.1, 0.15) is 20.3 Å². The minimum atomic E-state index is -0.0521. The molecule has 2 aliphatic heterocycles. The van der Waals surface area contributed by atoms with Crippen molar-refractivity contribution in [3.05, 3.63) is 60.0 Å². The van der Waals surface area contributed by atoms with Crippen LogP contribution in [-0.2, 0) is 4.79 Å². The van der Waals surface area contributed by atoms with Crippen molar-refractivity contribution in [3.63, 3.8) is 0 Å². The SMILES string of the molecule is C=CCN1CC(C(=O)N(CC)CC)C=C2C3C=CC=C4NC=C(CC21)C43. The second-order valence-electron chi connectivity index (χ2n) is 7.62. The van der Waals surface area contributed by atoms with E-state index in [-0.39, 0.29) is 11.8 Å². The van der Waals surface area contributed by atoms with Crippen LogP contribution in [0.5, 0.6) is 0 Å². The molecule has 0 bridgehead atoms. The predicted molar refractivity (Wildman–Crippen MR) is 105 cm³/mol. The Balaban J connectivity index is 1.71. The van der Waals surface area contributed by atoms with Crippen LogP contribution in [0.2, 0.25) is 0 Å². The third-order valence-corrected chi connectivity index (χ3v) is 6.33. The van der Waals surface area contributed by atoms with E-state index in [1.54, 1.807) is 0 Å². The first-order valence-corrected chi connectivity index (χ1v) is 9.87. The number of hydrogen-bond donors (Lipinski definition) is 1. The zero-order chi connectivity index (χ0) is 18.3. The van der Waals surface area contributed by atoms with Gasteiger partial charge in [-0.05, 0) is 37.5 Å². The predicted octanol–water partition coefficient (Wildman–Crippen LogP) is 2.84. The molecule has 138 valence electrons. The maximum atomic E-state index is 13.1. The summed E-state index contributed by atoms with van der Waals surface area (Å²) in [5, 5.41) is 3.46. The maximum Gasteiger partial charge on any atom is 0.230 e. The van der Waals surface area contributed by atoms with Crippen LogP contribution >= 0.6 is 0 Å². The Bertz CT molecular complexity index is 726. The third-order valence-electron chi connectivity index (χ3n) is 6.33. The lowest BCUT2D eigenvalue weighted by molar-refractivity contribution is -0.134. The molecule has 26 heavy (non-hydrogen) atoms. The number of carbonyl (C=O) groups is 1. The summed E-state index contributed by atoms with van der Waals surface area (Å²) in [6.07, 6.45) is 14.2. The van der Waals surface area contributed by atoms with Gasteiger partial charge in [0.2, 0.25) is 5.91 Å². The lowest BCUT2D eigenvalue weighted by atomic mass is 9.66. The van der Waals surface area contributed by atoms with Gasteiger partial charge in [-0.3, -0.25) is 9.69 Å². The molecule has 0 spiro atoms. The van der Waals surface area contributed by atoms with Crippen LogP contribution in [0.25, 0.3) is 0 Å². The number of nitrogens with zero attached hydrogens (tertiary/aromatic N) is 2. The topological polar surface area (TPSA) is 35.6 Å². The molecule has 4 nitrogen and oxygen atoms in total. The number of fused-ring (bicyclic) bond motifs is 2. The third kappa shape index (κ3) is 2.67. The first-order valence-electron chi connectivity index (χ1n) is 9.87. The molecule has 2 heterocycles. The molecule has 0 saturated heterocycles.